The van der Waals surface area contributed by atoms with Crippen LogP contribution in [0.1, 0.15) is 6.42 Å². The Bertz CT molecular complexity index is 949. The molecule has 264 valence electrons. The number of nitrogens with one attached hydrogen (secondary N) is 2. The molecule has 0 spiro atoms. The molecule has 19 nitrogen and oxygen atoms in total. The molecule has 3 aliphatic rings. The van der Waals surface area contributed by atoms with Crippen molar-refractivity contribution in [3.8, 4) is 0 Å². The molecule has 0 aromatic heterocycles. The normalized spacial score (nSPS) is 43.6. The molecule has 0 aromatic rings. The molecule has 3 fully saturated rings. The third-order valence-corrected chi connectivity index (χ3v) is 8.09. The highest BCUT2D eigenvalue weighted by atomic mass is 19.3. The van der Waals surface area contributed by atoms with E-state index in [2.05, 4.69) is 10.6 Å². The lowest BCUT2D eigenvalue weighted by atomic mass is 9.83. The topological polar surface area (TPSA) is 338 Å². The first-order chi connectivity index (χ1) is 21.1. The first-order valence-electron chi connectivity index (χ1n) is 14.3. The summed E-state index contributed by atoms with van der Waals surface area (Å²) < 4.78 is 50.4. The maximum Gasteiger partial charge on any atom is 0.294 e. The van der Waals surface area contributed by atoms with E-state index < -0.39 is 129 Å². The summed E-state index contributed by atoms with van der Waals surface area (Å²) in [4.78, 5) is 12.6. The van der Waals surface area contributed by atoms with Crippen molar-refractivity contribution in [2.45, 2.75) is 110 Å². The average Bonchev–Trinajstić information content (AvgIpc) is 3.01. The first kappa shape index (κ1) is 38.1. The molecule has 0 bridgehead atoms. The van der Waals surface area contributed by atoms with E-state index in [1.165, 1.54) is 0 Å². The van der Waals surface area contributed by atoms with Crippen LogP contribution in [0.25, 0.3) is 0 Å². The average molecular weight is 666 g/mol. The number of hydrogen-bond acceptors (Lipinski definition) is 18. The summed E-state index contributed by atoms with van der Waals surface area (Å²) in [6.07, 6.45) is -23.2. The molecule has 21 heteroatoms. The van der Waals surface area contributed by atoms with Crippen LogP contribution >= 0.6 is 0 Å². The lowest BCUT2D eigenvalue weighted by molar-refractivity contribution is -0.333. The van der Waals surface area contributed by atoms with Crippen LogP contribution in [0.5, 0.6) is 0 Å². The lowest BCUT2D eigenvalue weighted by Crippen LogP contribution is -2.70. The molecular weight excluding hydrogens is 620 g/mol. The molecule has 0 aromatic carbocycles. The van der Waals surface area contributed by atoms with E-state index in [1.807, 2.05) is 0 Å². The van der Waals surface area contributed by atoms with Crippen LogP contribution in [-0.2, 0) is 23.7 Å². The minimum atomic E-state index is -4.04. The standard InChI is InChI=1S/C24H45F2N5O14/c25-24(26,6-27)20(40)21(41)31-8-3-7(28)18(44-23-16(38)15(37)13(35)9(42-23)4-30-1-2-32)17(39)19(8)45-22-14(36)11(29)12(34)10(5-33)43-22/h7-20,22-23,30,32-40H,1-6,27-29H2,(H,31,41)/t7-,8+,9+,10+,11-,12+,13+,14+,15-,16+,17-,18?,19-,20?,22+,23+/m0/s1. The van der Waals surface area contributed by atoms with E-state index in [-0.39, 0.29) is 19.7 Å². The second kappa shape index (κ2) is 16.2. The highest BCUT2D eigenvalue weighted by Gasteiger charge is 2.53. The minimum absolute atomic E-state index is 0.102. The molecule has 45 heavy (non-hydrogen) atoms. The summed E-state index contributed by atoms with van der Waals surface area (Å²) in [5.74, 6) is -5.65. The summed E-state index contributed by atoms with van der Waals surface area (Å²) in [5.41, 5.74) is 17.0. The van der Waals surface area contributed by atoms with Gasteiger partial charge in [0.2, 0.25) is 0 Å². The minimum Gasteiger partial charge on any atom is -0.395 e. The molecule has 1 aliphatic carbocycles. The van der Waals surface area contributed by atoms with Crippen molar-refractivity contribution in [3.05, 3.63) is 0 Å². The number of hydrogen-bond donors (Lipinski definition) is 14. The number of amides is 1. The van der Waals surface area contributed by atoms with Crippen LogP contribution in [0.2, 0.25) is 0 Å². The van der Waals surface area contributed by atoms with Crippen LogP contribution in [0.4, 0.5) is 8.78 Å². The van der Waals surface area contributed by atoms with Crippen molar-refractivity contribution >= 4 is 5.91 Å². The molecule has 3 rings (SSSR count). The van der Waals surface area contributed by atoms with E-state index in [4.69, 9.17) is 41.3 Å². The first-order valence-corrected chi connectivity index (χ1v) is 14.3. The van der Waals surface area contributed by atoms with Gasteiger partial charge in [-0.15, -0.1) is 0 Å². The summed E-state index contributed by atoms with van der Waals surface area (Å²) in [5, 5.41) is 96.7. The zero-order valence-corrected chi connectivity index (χ0v) is 24.0. The van der Waals surface area contributed by atoms with Crippen molar-refractivity contribution in [1.29, 1.82) is 0 Å². The molecule has 0 radical (unpaired) electrons. The number of carbonyl (C=O) groups is 1. The van der Waals surface area contributed by atoms with Crippen LogP contribution in [0.3, 0.4) is 0 Å². The number of ether oxygens (including phenoxy) is 4. The third kappa shape index (κ3) is 8.58. The summed E-state index contributed by atoms with van der Waals surface area (Å²) >= 11 is 0. The van der Waals surface area contributed by atoms with Gasteiger partial charge in [0, 0.05) is 19.1 Å². The molecule has 2 saturated heterocycles. The van der Waals surface area contributed by atoms with Gasteiger partial charge in [0.05, 0.1) is 31.8 Å². The predicted molar refractivity (Wildman–Crippen MR) is 143 cm³/mol. The fourth-order valence-electron chi connectivity index (χ4n) is 5.36. The van der Waals surface area contributed by atoms with Crippen molar-refractivity contribution in [2.24, 2.45) is 17.2 Å². The Kier molecular flexibility index (Phi) is 13.7. The number of carbonyl (C=O) groups excluding carboxylic acids is 1. The zero-order valence-electron chi connectivity index (χ0n) is 24.0. The van der Waals surface area contributed by atoms with E-state index >= 15 is 0 Å². The number of alkyl halides is 2. The Balaban J connectivity index is 1.87. The molecular formula is C24H45F2N5O14. The number of aliphatic hydroxyl groups excluding tert-OH is 9. The van der Waals surface area contributed by atoms with Gasteiger partial charge in [0.15, 0.2) is 18.7 Å². The van der Waals surface area contributed by atoms with E-state index in [1.54, 1.807) is 0 Å². The second-order valence-electron chi connectivity index (χ2n) is 11.3. The molecule has 1 amide bonds. The van der Waals surface area contributed by atoms with Crippen LogP contribution in [0, 0.1) is 0 Å². The van der Waals surface area contributed by atoms with Gasteiger partial charge in [0.25, 0.3) is 11.8 Å². The van der Waals surface area contributed by atoms with Crippen LogP contribution in [0.15, 0.2) is 0 Å². The van der Waals surface area contributed by atoms with Crippen molar-refractivity contribution in [2.75, 3.05) is 32.8 Å². The Labute approximate surface area is 255 Å². The van der Waals surface area contributed by atoms with Gasteiger partial charge >= 0.3 is 0 Å². The Morgan fingerprint density at radius 3 is 2.09 bits per heavy atom. The van der Waals surface area contributed by atoms with Gasteiger partial charge in [-0.1, -0.05) is 0 Å². The lowest BCUT2D eigenvalue weighted by Gasteiger charge is -2.49. The van der Waals surface area contributed by atoms with Crippen LogP contribution in [-0.4, -0.2) is 188 Å². The van der Waals surface area contributed by atoms with E-state index in [0.717, 1.165) is 0 Å². The number of nitrogens with two attached hydrogens (primary N) is 3. The quantitative estimate of drug-likeness (QED) is 0.0812. The van der Waals surface area contributed by atoms with Gasteiger partial charge in [0.1, 0.15) is 61.0 Å². The van der Waals surface area contributed by atoms with Crippen molar-refractivity contribution in [1.82, 2.24) is 10.6 Å². The monoisotopic (exact) mass is 665 g/mol. The molecule has 2 unspecified atom stereocenters. The van der Waals surface area contributed by atoms with Gasteiger partial charge in [-0.3, -0.25) is 4.79 Å². The Morgan fingerprint density at radius 1 is 0.889 bits per heavy atom. The maximum absolute atomic E-state index is 14.0. The summed E-state index contributed by atoms with van der Waals surface area (Å²) in [6, 6.07) is -4.17. The number of halogens is 2. The van der Waals surface area contributed by atoms with Crippen molar-refractivity contribution in [3.63, 3.8) is 0 Å². The maximum atomic E-state index is 14.0. The smallest absolute Gasteiger partial charge is 0.294 e. The second-order valence-corrected chi connectivity index (χ2v) is 11.3. The van der Waals surface area contributed by atoms with Gasteiger partial charge in [-0.05, 0) is 6.42 Å². The Hall–Kier alpha value is -1.35. The fourth-order valence-corrected chi connectivity index (χ4v) is 5.36. The summed E-state index contributed by atoms with van der Waals surface area (Å²) in [6.45, 7) is -2.40. The highest BCUT2D eigenvalue weighted by molar-refractivity contribution is 5.82. The molecule has 1 saturated carbocycles. The number of rotatable bonds is 13. The van der Waals surface area contributed by atoms with Crippen molar-refractivity contribution < 1.29 is 78.5 Å². The zero-order chi connectivity index (χ0) is 33.8. The largest absolute Gasteiger partial charge is 0.395 e. The van der Waals surface area contributed by atoms with Gasteiger partial charge < -0.3 is 92.7 Å². The highest BCUT2D eigenvalue weighted by Crippen LogP contribution is 2.32. The predicted octanol–water partition coefficient (Wildman–Crippen LogP) is -8.56. The number of aliphatic hydroxyl groups is 9. The van der Waals surface area contributed by atoms with E-state index in [0.29, 0.717) is 0 Å². The SMILES string of the molecule is NCC(F)(F)C(O)C(=O)N[C@@H]1C[C@H](N)C(O[C@H]2O[C@H](CNCCO)[C@@H](O)[C@H](O)[C@H]2O)[C@H](O)[C@H]1O[C@H]1O[C@H](CO)[C@@H](O)[C@H](N)[C@H]1O. The fraction of sp³-hybridized carbons (Fsp3) is 0.958. The summed E-state index contributed by atoms with van der Waals surface area (Å²) in [7, 11) is 0. The van der Waals surface area contributed by atoms with E-state index in [9.17, 15) is 54.4 Å². The Morgan fingerprint density at radius 2 is 1.49 bits per heavy atom. The van der Waals surface area contributed by atoms with Gasteiger partial charge in [-0.25, -0.2) is 8.78 Å². The molecule has 17 N–H and O–H groups in total. The molecule has 16 atom stereocenters. The van der Waals surface area contributed by atoms with Crippen LogP contribution < -0.4 is 27.8 Å². The van der Waals surface area contributed by atoms with Gasteiger partial charge in [-0.2, -0.15) is 0 Å². The third-order valence-electron chi connectivity index (χ3n) is 8.09. The molecule has 2 aliphatic heterocycles. The molecule has 2 heterocycles.